The zero-order chi connectivity index (χ0) is 21.2. The summed E-state index contributed by atoms with van der Waals surface area (Å²) in [5.74, 6) is 2.81. The Hall–Kier alpha value is -2.83. The van der Waals surface area contributed by atoms with E-state index in [0.29, 0.717) is 37.0 Å². The average Bonchev–Trinajstić information content (AvgIpc) is 2.77. The standard InChI is InChI=1S/C23H32N4O3/c1-3-4-15-29-20-10-8-19(9-11-20)23(28)24-12-16-30-22-17-21(25-18(2)26-22)27-13-6-5-7-14-27/h8-11,17H,3-7,12-16H2,1-2H3,(H,24,28). The van der Waals surface area contributed by atoms with Crippen LogP contribution in [0.3, 0.4) is 0 Å². The highest BCUT2D eigenvalue weighted by molar-refractivity contribution is 5.94. The van der Waals surface area contributed by atoms with Gasteiger partial charge in [-0.15, -0.1) is 0 Å². The molecular weight excluding hydrogens is 380 g/mol. The molecule has 1 aliphatic rings. The van der Waals surface area contributed by atoms with Gasteiger partial charge in [0.15, 0.2) is 0 Å². The smallest absolute Gasteiger partial charge is 0.251 e. The van der Waals surface area contributed by atoms with Crippen LogP contribution in [0, 0.1) is 6.92 Å². The van der Waals surface area contributed by atoms with Crippen molar-refractivity contribution in [3.63, 3.8) is 0 Å². The highest BCUT2D eigenvalue weighted by atomic mass is 16.5. The molecule has 0 aliphatic carbocycles. The van der Waals surface area contributed by atoms with Gasteiger partial charge in [0, 0.05) is 24.7 Å². The zero-order valence-electron chi connectivity index (χ0n) is 18.0. The Morgan fingerprint density at radius 1 is 1.07 bits per heavy atom. The lowest BCUT2D eigenvalue weighted by molar-refractivity contribution is 0.0946. The van der Waals surface area contributed by atoms with E-state index in [1.54, 1.807) is 12.1 Å². The van der Waals surface area contributed by atoms with Crippen LogP contribution >= 0.6 is 0 Å². The normalized spacial score (nSPS) is 13.7. The van der Waals surface area contributed by atoms with Crippen molar-refractivity contribution in [2.45, 2.75) is 46.0 Å². The molecule has 3 rings (SSSR count). The monoisotopic (exact) mass is 412 g/mol. The highest BCUT2D eigenvalue weighted by Gasteiger charge is 2.14. The number of hydrogen-bond acceptors (Lipinski definition) is 6. The summed E-state index contributed by atoms with van der Waals surface area (Å²) in [7, 11) is 0. The van der Waals surface area contributed by atoms with Gasteiger partial charge in [-0.05, 0) is 56.9 Å². The number of piperidine rings is 1. The number of carbonyl (C=O) groups is 1. The van der Waals surface area contributed by atoms with Gasteiger partial charge in [-0.25, -0.2) is 4.98 Å². The molecule has 1 amide bonds. The number of anilines is 1. The summed E-state index contributed by atoms with van der Waals surface area (Å²) in [6.07, 6.45) is 5.77. The Morgan fingerprint density at radius 2 is 1.83 bits per heavy atom. The molecule has 1 aromatic heterocycles. The van der Waals surface area contributed by atoms with Crippen LogP contribution in [0.15, 0.2) is 30.3 Å². The van der Waals surface area contributed by atoms with E-state index in [0.717, 1.165) is 37.5 Å². The van der Waals surface area contributed by atoms with Crippen LogP contribution in [-0.4, -0.2) is 48.7 Å². The summed E-state index contributed by atoms with van der Waals surface area (Å²) < 4.78 is 11.4. The Balaban J connectivity index is 1.44. The molecule has 7 heteroatoms. The molecule has 2 aromatic rings. The SMILES string of the molecule is CCCCOc1ccc(C(=O)NCCOc2cc(N3CCCCC3)nc(C)n2)cc1. The van der Waals surface area contributed by atoms with Gasteiger partial charge >= 0.3 is 0 Å². The third-order valence-corrected chi connectivity index (χ3v) is 5.00. The van der Waals surface area contributed by atoms with E-state index >= 15 is 0 Å². The number of aryl methyl sites for hydroxylation is 1. The van der Waals surface area contributed by atoms with E-state index in [9.17, 15) is 4.79 Å². The van der Waals surface area contributed by atoms with Crippen LogP contribution in [0.4, 0.5) is 5.82 Å². The van der Waals surface area contributed by atoms with Gasteiger partial charge in [0.2, 0.25) is 5.88 Å². The second kappa shape index (κ2) is 11.4. The van der Waals surface area contributed by atoms with Crippen molar-refractivity contribution in [2.24, 2.45) is 0 Å². The molecule has 1 N–H and O–H groups in total. The van der Waals surface area contributed by atoms with Crippen molar-refractivity contribution in [2.75, 3.05) is 37.7 Å². The summed E-state index contributed by atoms with van der Waals surface area (Å²) in [5, 5.41) is 2.87. The molecule has 1 aliphatic heterocycles. The lowest BCUT2D eigenvalue weighted by atomic mass is 10.1. The topological polar surface area (TPSA) is 76.6 Å². The van der Waals surface area contributed by atoms with E-state index < -0.39 is 0 Å². The fraction of sp³-hybridized carbons (Fsp3) is 0.522. The number of unbranched alkanes of at least 4 members (excludes halogenated alkanes) is 1. The predicted octanol–water partition coefficient (Wildman–Crippen LogP) is 3.76. The van der Waals surface area contributed by atoms with E-state index in [4.69, 9.17) is 9.47 Å². The maximum atomic E-state index is 12.3. The summed E-state index contributed by atoms with van der Waals surface area (Å²) in [4.78, 5) is 23.5. The summed E-state index contributed by atoms with van der Waals surface area (Å²) in [6.45, 7) is 7.48. The molecule has 162 valence electrons. The Morgan fingerprint density at radius 3 is 2.57 bits per heavy atom. The molecule has 1 fully saturated rings. The highest BCUT2D eigenvalue weighted by Crippen LogP contribution is 2.21. The number of ether oxygens (including phenoxy) is 2. The van der Waals surface area contributed by atoms with Crippen LogP contribution in [0.1, 0.15) is 55.2 Å². The van der Waals surface area contributed by atoms with E-state index in [1.165, 1.54) is 19.3 Å². The first kappa shape index (κ1) is 21.9. The minimum Gasteiger partial charge on any atom is -0.494 e. The lowest BCUT2D eigenvalue weighted by Gasteiger charge is -2.28. The van der Waals surface area contributed by atoms with Crippen molar-refractivity contribution in [3.8, 4) is 11.6 Å². The average molecular weight is 413 g/mol. The fourth-order valence-electron chi connectivity index (χ4n) is 3.34. The van der Waals surface area contributed by atoms with Gasteiger partial charge in [0.25, 0.3) is 5.91 Å². The van der Waals surface area contributed by atoms with Gasteiger partial charge < -0.3 is 19.7 Å². The first-order valence-electron chi connectivity index (χ1n) is 10.9. The van der Waals surface area contributed by atoms with Crippen molar-refractivity contribution >= 4 is 11.7 Å². The number of benzene rings is 1. The number of nitrogens with one attached hydrogen (secondary N) is 1. The number of nitrogens with zero attached hydrogens (tertiary/aromatic N) is 3. The van der Waals surface area contributed by atoms with Crippen LogP contribution < -0.4 is 19.7 Å². The maximum Gasteiger partial charge on any atom is 0.251 e. The zero-order valence-corrected chi connectivity index (χ0v) is 18.0. The van der Waals surface area contributed by atoms with Crippen molar-refractivity contribution in [3.05, 3.63) is 41.7 Å². The maximum absolute atomic E-state index is 12.3. The Labute approximate surface area is 178 Å². The predicted molar refractivity (Wildman–Crippen MR) is 118 cm³/mol. The third kappa shape index (κ3) is 6.61. The molecule has 1 aromatic carbocycles. The molecule has 2 heterocycles. The number of aromatic nitrogens is 2. The molecule has 0 bridgehead atoms. The van der Waals surface area contributed by atoms with Gasteiger partial charge in [0.1, 0.15) is 24.0 Å². The third-order valence-electron chi connectivity index (χ3n) is 5.00. The second-order valence-electron chi connectivity index (χ2n) is 7.49. The van der Waals surface area contributed by atoms with Crippen LogP contribution in [0.2, 0.25) is 0 Å². The summed E-state index contributed by atoms with van der Waals surface area (Å²) in [6, 6.07) is 9.09. The fourth-order valence-corrected chi connectivity index (χ4v) is 3.34. The minimum atomic E-state index is -0.133. The van der Waals surface area contributed by atoms with Gasteiger partial charge in [-0.1, -0.05) is 13.3 Å². The van der Waals surface area contributed by atoms with E-state index in [1.807, 2.05) is 25.1 Å². The molecule has 0 unspecified atom stereocenters. The van der Waals surface area contributed by atoms with Crippen molar-refractivity contribution in [1.29, 1.82) is 0 Å². The Bertz CT molecular complexity index is 805. The Kier molecular flexibility index (Phi) is 8.30. The van der Waals surface area contributed by atoms with E-state index in [-0.39, 0.29) is 5.91 Å². The van der Waals surface area contributed by atoms with Gasteiger partial charge in [-0.3, -0.25) is 4.79 Å². The molecule has 1 saturated heterocycles. The second-order valence-corrected chi connectivity index (χ2v) is 7.49. The largest absolute Gasteiger partial charge is 0.494 e. The van der Waals surface area contributed by atoms with Gasteiger partial charge in [0.05, 0.1) is 13.2 Å². The molecule has 30 heavy (non-hydrogen) atoms. The molecular formula is C23H32N4O3. The molecule has 0 radical (unpaired) electrons. The molecule has 7 nitrogen and oxygen atoms in total. The van der Waals surface area contributed by atoms with Crippen molar-refractivity contribution in [1.82, 2.24) is 15.3 Å². The molecule has 0 saturated carbocycles. The van der Waals surface area contributed by atoms with Crippen LogP contribution in [0.25, 0.3) is 0 Å². The minimum absolute atomic E-state index is 0.133. The first-order valence-corrected chi connectivity index (χ1v) is 10.9. The molecule has 0 atom stereocenters. The summed E-state index contributed by atoms with van der Waals surface area (Å²) >= 11 is 0. The van der Waals surface area contributed by atoms with Crippen molar-refractivity contribution < 1.29 is 14.3 Å². The number of carbonyl (C=O) groups excluding carboxylic acids is 1. The number of amides is 1. The molecule has 0 spiro atoms. The van der Waals surface area contributed by atoms with Gasteiger partial charge in [-0.2, -0.15) is 4.98 Å². The number of hydrogen-bond donors (Lipinski definition) is 1. The van der Waals surface area contributed by atoms with Crippen LogP contribution in [0.5, 0.6) is 11.6 Å². The van der Waals surface area contributed by atoms with Crippen LogP contribution in [-0.2, 0) is 0 Å². The summed E-state index contributed by atoms with van der Waals surface area (Å²) in [5.41, 5.74) is 0.600. The lowest BCUT2D eigenvalue weighted by Crippen LogP contribution is -2.30. The first-order chi connectivity index (χ1) is 14.7. The van der Waals surface area contributed by atoms with E-state index in [2.05, 4.69) is 27.1 Å². The number of rotatable bonds is 10. The quantitative estimate of drug-likeness (QED) is 0.599.